The first-order chi connectivity index (χ1) is 12.1. The number of hydrogen-bond donors (Lipinski definition) is 1. The maximum absolute atomic E-state index is 12.5. The Labute approximate surface area is 145 Å². The van der Waals surface area contributed by atoms with Crippen LogP contribution in [0.3, 0.4) is 0 Å². The molecule has 1 fully saturated rings. The Morgan fingerprint density at radius 2 is 1.92 bits per heavy atom. The fourth-order valence-electron chi connectivity index (χ4n) is 2.79. The number of pyridine rings is 1. The number of nitrogens with one attached hydrogen (secondary N) is 1. The number of amides is 2. The summed E-state index contributed by atoms with van der Waals surface area (Å²) in [5.41, 5.74) is 1.13. The number of ether oxygens (including phenoxy) is 2. The molecule has 2 heterocycles. The predicted octanol–water partition coefficient (Wildman–Crippen LogP) is 1.63. The van der Waals surface area contributed by atoms with Crippen LogP contribution in [0.2, 0.25) is 0 Å². The zero-order valence-electron chi connectivity index (χ0n) is 14.1. The second kappa shape index (κ2) is 7.21. The van der Waals surface area contributed by atoms with Crippen LogP contribution >= 0.6 is 0 Å². The quantitative estimate of drug-likeness (QED) is 0.894. The van der Waals surface area contributed by atoms with Crippen molar-refractivity contribution in [3.8, 4) is 11.8 Å². The number of para-hydroxylation sites is 1. The lowest BCUT2D eigenvalue weighted by molar-refractivity contribution is -0.117. The highest BCUT2D eigenvalue weighted by molar-refractivity contribution is 5.99. The SMILES string of the molecule is COc1ccc(C(=O)NC2CC(=O)N(c3ccccc3)C2)c(OC)n1. The number of rotatable bonds is 5. The van der Waals surface area contributed by atoms with Gasteiger partial charge in [0.15, 0.2) is 0 Å². The number of methoxy groups -OCH3 is 2. The van der Waals surface area contributed by atoms with E-state index < -0.39 is 0 Å². The van der Waals surface area contributed by atoms with Gasteiger partial charge in [0.2, 0.25) is 17.7 Å². The number of benzene rings is 1. The molecule has 3 rings (SSSR count). The Morgan fingerprint density at radius 3 is 2.60 bits per heavy atom. The summed E-state index contributed by atoms with van der Waals surface area (Å²) in [7, 11) is 2.93. The molecule has 0 radical (unpaired) electrons. The number of carbonyl (C=O) groups is 2. The third-order valence-corrected chi connectivity index (χ3v) is 4.01. The molecule has 7 nitrogen and oxygen atoms in total. The smallest absolute Gasteiger partial charge is 0.257 e. The van der Waals surface area contributed by atoms with Gasteiger partial charge in [0.1, 0.15) is 5.56 Å². The van der Waals surface area contributed by atoms with Crippen LogP contribution in [0, 0.1) is 0 Å². The van der Waals surface area contributed by atoms with Crippen LogP contribution < -0.4 is 19.7 Å². The second-order valence-corrected chi connectivity index (χ2v) is 5.62. The molecule has 1 atom stereocenters. The van der Waals surface area contributed by atoms with E-state index in [2.05, 4.69) is 10.3 Å². The number of carbonyl (C=O) groups excluding carboxylic acids is 2. The molecule has 1 N–H and O–H groups in total. The molecule has 1 aliphatic heterocycles. The predicted molar refractivity (Wildman–Crippen MR) is 92.0 cm³/mol. The fraction of sp³-hybridized carbons (Fsp3) is 0.278. The van der Waals surface area contributed by atoms with Gasteiger partial charge < -0.3 is 19.7 Å². The molecule has 130 valence electrons. The van der Waals surface area contributed by atoms with Crippen LogP contribution in [0.15, 0.2) is 42.5 Å². The Morgan fingerprint density at radius 1 is 1.16 bits per heavy atom. The Balaban J connectivity index is 1.71. The maximum atomic E-state index is 12.5. The zero-order chi connectivity index (χ0) is 17.8. The fourth-order valence-corrected chi connectivity index (χ4v) is 2.79. The summed E-state index contributed by atoms with van der Waals surface area (Å²) < 4.78 is 10.2. The van der Waals surface area contributed by atoms with Gasteiger partial charge in [0.05, 0.1) is 20.3 Å². The highest BCUT2D eigenvalue weighted by Crippen LogP contribution is 2.23. The summed E-state index contributed by atoms with van der Waals surface area (Å²) in [5.74, 6) is 0.192. The van der Waals surface area contributed by atoms with Gasteiger partial charge in [-0.25, -0.2) is 0 Å². The summed E-state index contributed by atoms with van der Waals surface area (Å²) in [6, 6.07) is 12.3. The molecule has 1 aromatic carbocycles. The number of aromatic nitrogens is 1. The average molecular weight is 341 g/mol. The van der Waals surface area contributed by atoms with E-state index in [0.29, 0.717) is 18.0 Å². The topological polar surface area (TPSA) is 80.8 Å². The van der Waals surface area contributed by atoms with Crippen molar-refractivity contribution >= 4 is 17.5 Å². The van der Waals surface area contributed by atoms with Crippen molar-refractivity contribution in [1.82, 2.24) is 10.3 Å². The molecule has 2 aromatic rings. The van der Waals surface area contributed by atoms with Gasteiger partial charge in [-0.15, -0.1) is 0 Å². The molecule has 0 bridgehead atoms. The lowest BCUT2D eigenvalue weighted by Crippen LogP contribution is -2.37. The van der Waals surface area contributed by atoms with Gasteiger partial charge in [-0.1, -0.05) is 18.2 Å². The summed E-state index contributed by atoms with van der Waals surface area (Å²) in [6.45, 7) is 0.431. The van der Waals surface area contributed by atoms with Gasteiger partial charge in [-0.3, -0.25) is 9.59 Å². The van der Waals surface area contributed by atoms with Crippen molar-refractivity contribution < 1.29 is 19.1 Å². The van der Waals surface area contributed by atoms with Gasteiger partial charge in [-0.2, -0.15) is 4.98 Å². The largest absolute Gasteiger partial charge is 0.481 e. The molecule has 25 heavy (non-hydrogen) atoms. The number of anilines is 1. The molecule has 1 saturated heterocycles. The van der Waals surface area contributed by atoms with Crippen molar-refractivity contribution in [3.63, 3.8) is 0 Å². The molecule has 7 heteroatoms. The van der Waals surface area contributed by atoms with Crippen molar-refractivity contribution in [2.75, 3.05) is 25.7 Å². The molecule has 0 saturated carbocycles. The van der Waals surface area contributed by atoms with Crippen LogP contribution in [-0.2, 0) is 4.79 Å². The second-order valence-electron chi connectivity index (χ2n) is 5.62. The van der Waals surface area contributed by atoms with Crippen LogP contribution in [0.1, 0.15) is 16.8 Å². The van der Waals surface area contributed by atoms with Crippen LogP contribution in [0.5, 0.6) is 11.8 Å². The zero-order valence-corrected chi connectivity index (χ0v) is 14.1. The molecule has 0 aliphatic carbocycles. The summed E-state index contributed by atoms with van der Waals surface area (Å²) in [6.07, 6.45) is 0.256. The lowest BCUT2D eigenvalue weighted by atomic mass is 10.2. The monoisotopic (exact) mass is 341 g/mol. The van der Waals surface area contributed by atoms with Gasteiger partial charge in [-0.05, 0) is 18.2 Å². The minimum Gasteiger partial charge on any atom is -0.481 e. The molecule has 1 aliphatic rings. The first kappa shape index (κ1) is 16.8. The van der Waals surface area contributed by atoms with E-state index >= 15 is 0 Å². The minimum absolute atomic E-state index is 0.0173. The van der Waals surface area contributed by atoms with Gasteiger partial charge in [0.25, 0.3) is 5.91 Å². The summed E-state index contributed by atoms with van der Waals surface area (Å²) >= 11 is 0. The molecular formula is C18H19N3O4. The third-order valence-electron chi connectivity index (χ3n) is 4.01. The van der Waals surface area contributed by atoms with Crippen molar-refractivity contribution in [3.05, 3.63) is 48.0 Å². The summed E-state index contributed by atoms with van der Waals surface area (Å²) in [5, 5.41) is 2.88. The Kier molecular flexibility index (Phi) is 4.83. The highest BCUT2D eigenvalue weighted by Gasteiger charge is 2.32. The van der Waals surface area contributed by atoms with Crippen molar-refractivity contribution in [2.45, 2.75) is 12.5 Å². The minimum atomic E-state index is -0.334. The maximum Gasteiger partial charge on any atom is 0.257 e. The van der Waals surface area contributed by atoms with Gasteiger partial charge >= 0.3 is 0 Å². The summed E-state index contributed by atoms with van der Waals surface area (Å²) in [4.78, 5) is 30.5. The Hall–Kier alpha value is -3.09. The highest BCUT2D eigenvalue weighted by atomic mass is 16.5. The molecule has 1 aromatic heterocycles. The molecule has 0 spiro atoms. The van der Waals surface area contributed by atoms with Crippen molar-refractivity contribution in [1.29, 1.82) is 0 Å². The standard InChI is InChI=1S/C18H19N3O4/c1-24-15-9-8-14(18(20-15)25-2)17(23)19-12-10-16(22)21(11-12)13-6-4-3-5-7-13/h3-9,12H,10-11H2,1-2H3,(H,19,23). The van der Waals surface area contributed by atoms with Crippen LogP contribution in [0.25, 0.3) is 0 Å². The third kappa shape index (κ3) is 3.55. The van der Waals surface area contributed by atoms with E-state index in [1.807, 2.05) is 30.3 Å². The number of nitrogens with zero attached hydrogens (tertiary/aromatic N) is 2. The Bertz CT molecular complexity index is 779. The molecular weight excluding hydrogens is 322 g/mol. The average Bonchev–Trinajstić information content (AvgIpc) is 3.01. The van der Waals surface area contributed by atoms with Gasteiger partial charge in [0, 0.05) is 24.7 Å². The van der Waals surface area contributed by atoms with E-state index in [1.165, 1.54) is 14.2 Å². The first-order valence-electron chi connectivity index (χ1n) is 7.87. The van der Waals surface area contributed by atoms with E-state index in [4.69, 9.17) is 9.47 Å². The van der Waals surface area contributed by atoms with Crippen molar-refractivity contribution in [2.24, 2.45) is 0 Å². The van der Waals surface area contributed by atoms with E-state index in [9.17, 15) is 9.59 Å². The first-order valence-corrected chi connectivity index (χ1v) is 7.87. The van der Waals surface area contributed by atoms with Crippen LogP contribution in [0.4, 0.5) is 5.69 Å². The molecule has 2 amide bonds. The number of hydrogen-bond acceptors (Lipinski definition) is 5. The van der Waals surface area contributed by atoms with Crippen LogP contribution in [-0.4, -0.2) is 43.6 Å². The van der Waals surface area contributed by atoms with E-state index in [-0.39, 0.29) is 30.2 Å². The van der Waals surface area contributed by atoms with E-state index in [1.54, 1.807) is 17.0 Å². The van der Waals surface area contributed by atoms with E-state index in [0.717, 1.165) is 5.69 Å². The normalized spacial score (nSPS) is 16.6. The lowest BCUT2D eigenvalue weighted by Gasteiger charge is -2.17. The molecule has 1 unspecified atom stereocenters.